The Hall–Kier alpha value is -2.37. The molecule has 1 saturated heterocycles. The van der Waals surface area contributed by atoms with Gasteiger partial charge in [0.05, 0.1) is 11.4 Å². The zero-order valence-corrected chi connectivity index (χ0v) is 15.9. The van der Waals surface area contributed by atoms with Crippen LogP contribution in [0, 0.1) is 5.92 Å². The molecule has 142 valence electrons. The highest BCUT2D eigenvalue weighted by Gasteiger charge is 2.57. The van der Waals surface area contributed by atoms with Crippen molar-refractivity contribution in [2.75, 3.05) is 24.5 Å². The number of likely N-dealkylation sites (tertiary alicyclic amines) is 1. The maximum atomic E-state index is 14.5. The third-order valence-electron chi connectivity index (χ3n) is 6.18. The van der Waals surface area contributed by atoms with E-state index in [1.165, 1.54) is 0 Å². The monoisotopic (exact) mass is 368 g/mol. The van der Waals surface area contributed by atoms with Gasteiger partial charge in [-0.3, -0.25) is 4.79 Å². The van der Waals surface area contributed by atoms with E-state index in [0.717, 1.165) is 30.2 Å². The van der Waals surface area contributed by atoms with Crippen LogP contribution in [0.15, 0.2) is 36.7 Å². The molecule has 4 heterocycles. The van der Waals surface area contributed by atoms with Crippen molar-refractivity contribution in [1.29, 1.82) is 0 Å². The molecule has 3 aliphatic rings. The number of anilines is 1. The third-order valence-corrected chi connectivity index (χ3v) is 6.18. The largest absolute Gasteiger partial charge is 0.355 e. The number of amides is 1. The molecule has 5 rings (SSSR count). The first-order valence-electron chi connectivity index (χ1n) is 9.84. The predicted octanol–water partition coefficient (Wildman–Crippen LogP) is 3.28. The Morgan fingerprint density at radius 2 is 2.07 bits per heavy atom. The van der Waals surface area contributed by atoms with Crippen molar-refractivity contribution in [3.8, 4) is 5.82 Å². The van der Waals surface area contributed by atoms with E-state index in [0.29, 0.717) is 31.8 Å². The van der Waals surface area contributed by atoms with Crippen LogP contribution in [0.2, 0.25) is 0 Å². The Bertz CT molecular complexity index is 903. The maximum absolute atomic E-state index is 14.5. The van der Waals surface area contributed by atoms with E-state index in [1.54, 1.807) is 4.90 Å². The minimum atomic E-state index is -1.61. The van der Waals surface area contributed by atoms with Gasteiger partial charge >= 0.3 is 0 Å². The molecule has 1 saturated carbocycles. The summed E-state index contributed by atoms with van der Waals surface area (Å²) in [6.07, 6.45) is 5.40. The molecule has 1 spiro atoms. The Morgan fingerprint density at radius 1 is 1.26 bits per heavy atom. The number of rotatable bonds is 3. The summed E-state index contributed by atoms with van der Waals surface area (Å²) in [7, 11) is 0. The van der Waals surface area contributed by atoms with E-state index >= 15 is 0 Å². The fourth-order valence-corrected chi connectivity index (χ4v) is 4.74. The van der Waals surface area contributed by atoms with Crippen molar-refractivity contribution >= 4 is 11.6 Å². The van der Waals surface area contributed by atoms with Gasteiger partial charge in [0, 0.05) is 32.0 Å². The second kappa shape index (κ2) is 5.57. The molecule has 1 atom stereocenters. The van der Waals surface area contributed by atoms with Crippen LogP contribution < -0.4 is 4.90 Å². The van der Waals surface area contributed by atoms with Crippen LogP contribution in [0.1, 0.15) is 38.8 Å². The topological polar surface area (TPSA) is 41.4 Å². The van der Waals surface area contributed by atoms with Crippen LogP contribution >= 0.6 is 0 Å². The Kier molecular flexibility index (Phi) is 3.46. The zero-order chi connectivity index (χ0) is 18.8. The molecule has 5 nitrogen and oxygen atoms in total. The highest BCUT2D eigenvalue weighted by atomic mass is 19.1. The van der Waals surface area contributed by atoms with Gasteiger partial charge in [-0.25, -0.2) is 9.37 Å². The van der Waals surface area contributed by atoms with E-state index < -0.39 is 5.67 Å². The average molecular weight is 368 g/mol. The number of halogens is 1. The summed E-state index contributed by atoms with van der Waals surface area (Å²) in [5.74, 6) is 1.06. The van der Waals surface area contributed by atoms with Crippen LogP contribution in [0.3, 0.4) is 0 Å². The van der Waals surface area contributed by atoms with Crippen LogP contribution in [0.5, 0.6) is 0 Å². The number of nitrogens with zero attached hydrogens (tertiary/aromatic N) is 4. The van der Waals surface area contributed by atoms with Crippen molar-refractivity contribution in [2.45, 2.75) is 44.3 Å². The van der Waals surface area contributed by atoms with Crippen molar-refractivity contribution in [1.82, 2.24) is 14.5 Å². The zero-order valence-electron chi connectivity index (χ0n) is 15.9. The normalized spacial score (nSPS) is 25.0. The number of fused-ring (bicyclic) bond motifs is 4. The van der Waals surface area contributed by atoms with Crippen molar-refractivity contribution in [2.24, 2.45) is 5.92 Å². The molecule has 2 fully saturated rings. The molecular formula is C21H25FN4O. The molecular weight excluding hydrogens is 343 g/mol. The Labute approximate surface area is 158 Å². The highest BCUT2D eigenvalue weighted by molar-refractivity contribution is 5.88. The van der Waals surface area contributed by atoms with Crippen LogP contribution in [0.4, 0.5) is 10.1 Å². The number of aromatic nitrogens is 2. The van der Waals surface area contributed by atoms with Gasteiger partial charge < -0.3 is 14.4 Å². The fourth-order valence-electron chi connectivity index (χ4n) is 4.74. The molecule has 0 aromatic carbocycles. The van der Waals surface area contributed by atoms with Gasteiger partial charge in [0.2, 0.25) is 0 Å². The van der Waals surface area contributed by atoms with E-state index in [1.807, 2.05) is 24.5 Å². The lowest BCUT2D eigenvalue weighted by molar-refractivity contribution is -0.137. The average Bonchev–Trinajstić information content (AvgIpc) is 3.08. The standard InChI is InChI=1S/C21H25FN4O/c1-15(2)13-26-16-5-3-10-23-18(16)25-11-4-6-17(25)21(26)9-12-24(14-21)19(27)20(22)7-8-20/h3-6,10-11,15H,7-9,12-14H2,1-2H3/t21-/m1/s1. The van der Waals surface area contributed by atoms with Gasteiger partial charge in [-0.1, -0.05) is 13.8 Å². The molecule has 2 aliphatic heterocycles. The Balaban J connectivity index is 1.61. The number of carbonyl (C=O) groups is 1. The first kappa shape index (κ1) is 16.8. The molecule has 27 heavy (non-hydrogen) atoms. The summed E-state index contributed by atoms with van der Waals surface area (Å²) in [4.78, 5) is 21.5. The summed E-state index contributed by atoms with van der Waals surface area (Å²) in [5.41, 5.74) is 0.300. The van der Waals surface area contributed by atoms with Gasteiger partial charge in [0.15, 0.2) is 11.5 Å². The minimum absolute atomic E-state index is 0.320. The molecule has 2 aromatic heterocycles. The first-order valence-corrected chi connectivity index (χ1v) is 9.84. The van der Waals surface area contributed by atoms with Gasteiger partial charge in [-0.15, -0.1) is 0 Å². The van der Waals surface area contributed by atoms with E-state index in [2.05, 4.69) is 40.4 Å². The number of alkyl halides is 1. The number of carbonyl (C=O) groups excluding carboxylic acids is 1. The summed E-state index contributed by atoms with van der Waals surface area (Å²) in [6.45, 7) is 6.40. The second-order valence-electron chi connectivity index (χ2n) is 8.59. The first-order chi connectivity index (χ1) is 12.9. The van der Waals surface area contributed by atoms with E-state index in [9.17, 15) is 9.18 Å². The maximum Gasteiger partial charge on any atom is 0.260 e. The molecule has 0 unspecified atom stereocenters. The van der Waals surface area contributed by atoms with Crippen molar-refractivity contribution in [3.05, 3.63) is 42.4 Å². The SMILES string of the molecule is CC(C)CN1c2cccnc2-n2cccc2[C@]12CCN(C(=O)C1(F)CC1)C2. The molecule has 0 radical (unpaired) electrons. The fraction of sp³-hybridized carbons (Fsp3) is 0.524. The van der Waals surface area contributed by atoms with Crippen LogP contribution in [-0.2, 0) is 10.3 Å². The molecule has 0 N–H and O–H groups in total. The van der Waals surface area contributed by atoms with Gasteiger partial charge in [0.25, 0.3) is 5.91 Å². The minimum Gasteiger partial charge on any atom is -0.355 e. The highest BCUT2D eigenvalue weighted by Crippen LogP contribution is 2.49. The summed E-state index contributed by atoms with van der Waals surface area (Å²) >= 11 is 0. The van der Waals surface area contributed by atoms with E-state index in [4.69, 9.17) is 0 Å². The van der Waals surface area contributed by atoms with E-state index in [-0.39, 0.29) is 11.4 Å². The number of hydrogen-bond acceptors (Lipinski definition) is 3. The molecule has 1 amide bonds. The quantitative estimate of drug-likeness (QED) is 0.835. The second-order valence-corrected chi connectivity index (χ2v) is 8.59. The summed E-state index contributed by atoms with van der Waals surface area (Å²) < 4.78 is 16.6. The van der Waals surface area contributed by atoms with Crippen molar-refractivity contribution in [3.63, 3.8) is 0 Å². The summed E-state index contributed by atoms with van der Waals surface area (Å²) in [6, 6.07) is 8.24. The van der Waals surface area contributed by atoms with Crippen LogP contribution in [-0.4, -0.2) is 45.7 Å². The predicted molar refractivity (Wildman–Crippen MR) is 102 cm³/mol. The van der Waals surface area contributed by atoms with Crippen LogP contribution in [0.25, 0.3) is 5.82 Å². The molecule has 2 aromatic rings. The van der Waals surface area contributed by atoms with Crippen molar-refractivity contribution < 1.29 is 9.18 Å². The lowest BCUT2D eigenvalue weighted by atomic mass is 9.88. The lowest BCUT2D eigenvalue weighted by Crippen LogP contribution is -2.54. The van der Waals surface area contributed by atoms with Gasteiger partial charge in [0.1, 0.15) is 5.54 Å². The van der Waals surface area contributed by atoms with Gasteiger partial charge in [-0.05, 0) is 49.4 Å². The number of hydrogen-bond donors (Lipinski definition) is 0. The van der Waals surface area contributed by atoms with Gasteiger partial charge in [-0.2, -0.15) is 0 Å². The smallest absolute Gasteiger partial charge is 0.260 e. The Morgan fingerprint density at radius 3 is 2.81 bits per heavy atom. The molecule has 0 bridgehead atoms. The lowest BCUT2D eigenvalue weighted by Gasteiger charge is -2.47. The summed E-state index contributed by atoms with van der Waals surface area (Å²) in [5, 5.41) is 0. The number of pyridine rings is 1. The molecule has 1 aliphatic carbocycles. The third kappa shape index (κ3) is 2.35. The molecule has 6 heteroatoms.